The van der Waals surface area contributed by atoms with E-state index in [1.807, 2.05) is 22.9 Å². The average molecular weight is 468 g/mol. The van der Waals surface area contributed by atoms with Gasteiger partial charge in [0.25, 0.3) is 11.6 Å². The van der Waals surface area contributed by atoms with Crippen molar-refractivity contribution in [2.24, 2.45) is 0 Å². The van der Waals surface area contributed by atoms with Crippen LogP contribution in [-0.4, -0.2) is 31.9 Å². The summed E-state index contributed by atoms with van der Waals surface area (Å²) in [6, 6.07) is 11.6. The van der Waals surface area contributed by atoms with Crippen molar-refractivity contribution in [3.63, 3.8) is 0 Å². The number of non-ortho nitro benzene ring substituents is 1. The average Bonchev–Trinajstić information content (AvgIpc) is 3.46. The zero-order valence-corrected chi connectivity index (χ0v) is 18.4. The summed E-state index contributed by atoms with van der Waals surface area (Å²) >= 11 is 7.66. The number of hydrogen-bond acceptors (Lipinski definition) is 6. The summed E-state index contributed by atoms with van der Waals surface area (Å²) in [5.41, 5.74) is 1.19. The van der Waals surface area contributed by atoms with Crippen LogP contribution in [0.2, 0.25) is 5.02 Å². The lowest BCUT2D eigenvalue weighted by Gasteiger charge is -2.18. The van der Waals surface area contributed by atoms with Gasteiger partial charge in [-0.1, -0.05) is 41.1 Å². The van der Waals surface area contributed by atoms with Gasteiger partial charge < -0.3 is 4.57 Å². The largest absolute Gasteiger partial charge is 0.337 e. The molecule has 0 unspecified atom stereocenters. The number of anilines is 1. The second kappa shape index (κ2) is 9.71. The molecular formula is C22H18ClN5O3S. The van der Waals surface area contributed by atoms with E-state index in [2.05, 4.69) is 9.97 Å². The second-order valence-electron chi connectivity index (χ2n) is 6.91. The molecule has 8 nitrogen and oxygen atoms in total. The van der Waals surface area contributed by atoms with Gasteiger partial charge in [-0.25, -0.2) is 9.97 Å². The molecular weight excluding hydrogens is 450 g/mol. The molecule has 0 fully saturated rings. The molecule has 0 aliphatic carbocycles. The third-order valence-electron chi connectivity index (χ3n) is 4.71. The van der Waals surface area contributed by atoms with Crippen molar-refractivity contribution in [1.82, 2.24) is 14.5 Å². The molecule has 0 saturated heterocycles. The Hall–Kier alpha value is -3.56. The Morgan fingerprint density at radius 2 is 2.12 bits per heavy atom. The number of halogens is 1. The van der Waals surface area contributed by atoms with Gasteiger partial charge in [0.05, 0.1) is 21.0 Å². The molecule has 0 atom stereocenters. The lowest BCUT2D eigenvalue weighted by Crippen LogP contribution is -2.30. The van der Waals surface area contributed by atoms with Crippen molar-refractivity contribution in [3.05, 3.63) is 88.0 Å². The fourth-order valence-electron chi connectivity index (χ4n) is 3.15. The van der Waals surface area contributed by atoms with Crippen molar-refractivity contribution >= 4 is 56.0 Å². The maximum absolute atomic E-state index is 13.1. The molecule has 10 heteroatoms. The number of nitro benzene ring substituents is 1. The molecule has 0 N–H and O–H groups in total. The van der Waals surface area contributed by atoms with Crippen LogP contribution in [-0.2, 0) is 11.3 Å². The smallest absolute Gasteiger partial charge is 0.270 e. The monoisotopic (exact) mass is 467 g/mol. The molecule has 4 rings (SSSR count). The Balaban J connectivity index is 1.58. The number of aromatic nitrogens is 3. The van der Waals surface area contributed by atoms with Crippen molar-refractivity contribution in [3.8, 4) is 0 Å². The van der Waals surface area contributed by atoms with Crippen LogP contribution in [0.15, 0.2) is 67.3 Å². The highest BCUT2D eigenvalue weighted by Gasteiger charge is 2.18. The third kappa shape index (κ3) is 5.01. The number of para-hydroxylation sites is 1. The molecule has 0 spiro atoms. The standard InChI is InChI=1S/C22H18ClN5O3S/c23-18-6-2-7-19-21(18)25-22(32-19)27(12-3-11-26-13-10-24-15-26)20(29)9-8-16-4-1-5-17(14-16)28(30)31/h1-2,4-10,13-15H,3,11-12H2/b9-8+. The van der Waals surface area contributed by atoms with Crippen LogP contribution in [0, 0.1) is 10.1 Å². The molecule has 2 aromatic carbocycles. The Labute approximate surface area is 192 Å². The third-order valence-corrected chi connectivity index (χ3v) is 6.06. The van der Waals surface area contributed by atoms with Crippen molar-refractivity contribution in [1.29, 1.82) is 0 Å². The number of thiazole rings is 1. The highest BCUT2D eigenvalue weighted by molar-refractivity contribution is 7.22. The number of nitro groups is 1. The topological polar surface area (TPSA) is 94.2 Å². The number of imidazole rings is 1. The number of aryl methyl sites for hydroxylation is 1. The van der Waals surface area contributed by atoms with Gasteiger partial charge in [-0.3, -0.25) is 19.8 Å². The Bertz CT molecular complexity index is 1290. The molecule has 4 aromatic rings. The molecule has 162 valence electrons. The maximum Gasteiger partial charge on any atom is 0.270 e. The van der Waals surface area contributed by atoms with E-state index < -0.39 is 4.92 Å². The lowest BCUT2D eigenvalue weighted by molar-refractivity contribution is -0.384. The highest BCUT2D eigenvalue weighted by Crippen LogP contribution is 2.33. The van der Waals surface area contributed by atoms with E-state index in [0.29, 0.717) is 40.7 Å². The number of nitrogens with zero attached hydrogens (tertiary/aromatic N) is 5. The SMILES string of the molecule is O=C(/C=C/c1cccc([N+](=O)[O-])c1)N(CCCn1ccnc1)c1nc2c(Cl)cccc2s1. The number of fused-ring (bicyclic) bond motifs is 1. The quantitative estimate of drug-likeness (QED) is 0.202. The number of carbonyl (C=O) groups excluding carboxylic acids is 1. The maximum atomic E-state index is 13.1. The van der Waals surface area contributed by atoms with Crippen LogP contribution >= 0.6 is 22.9 Å². The van der Waals surface area contributed by atoms with Gasteiger partial charge >= 0.3 is 0 Å². The van der Waals surface area contributed by atoms with Gasteiger partial charge in [0, 0.05) is 43.7 Å². The minimum Gasteiger partial charge on any atom is -0.337 e. The summed E-state index contributed by atoms with van der Waals surface area (Å²) < 4.78 is 2.83. The number of amides is 1. The van der Waals surface area contributed by atoms with Gasteiger partial charge in [-0.05, 0) is 30.2 Å². The van der Waals surface area contributed by atoms with Crippen LogP contribution in [0.4, 0.5) is 10.8 Å². The van der Waals surface area contributed by atoms with Crippen LogP contribution in [0.25, 0.3) is 16.3 Å². The zero-order valence-electron chi connectivity index (χ0n) is 16.8. The Kier molecular flexibility index (Phi) is 6.58. The fourth-order valence-corrected chi connectivity index (χ4v) is 4.45. The molecule has 32 heavy (non-hydrogen) atoms. The fraction of sp³-hybridized carbons (Fsp3) is 0.136. The number of carbonyl (C=O) groups is 1. The zero-order chi connectivity index (χ0) is 22.5. The Morgan fingerprint density at radius 3 is 2.88 bits per heavy atom. The molecule has 0 saturated carbocycles. The van der Waals surface area contributed by atoms with Gasteiger partial charge in [0.1, 0.15) is 5.52 Å². The first-order valence-electron chi connectivity index (χ1n) is 9.76. The van der Waals surface area contributed by atoms with E-state index in [4.69, 9.17) is 11.6 Å². The van der Waals surface area contributed by atoms with E-state index in [1.54, 1.807) is 41.7 Å². The van der Waals surface area contributed by atoms with E-state index >= 15 is 0 Å². The lowest BCUT2D eigenvalue weighted by atomic mass is 10.2. The van der Waals surface area contributed by atoms with E-state index in [0.717, 1.165) is 4.70 Å². The summed E-state index contributed by atoms with van der Waals surface area (Å²) in [5.74, 6) is -0.266. The van der Waals surface area contributed by atoms with Gasteiger partial charge in [-0.15, -0.1) is 0 Å². The summed E-state index contributed by atoms with van der Waals surface area (Å²) in [5, 5.41) is 12.1. The molecule has 2 aromatic heterocycles. The predicted octanol–water partition coefficient (Wildman–Crippen LogP) is 5.19. The number of rotatable bonds is 8. The van der Waals surface area contributed by atoms with Crippen LogP contribution in [0.5, 0.6) is 0 Å². The molecule has 0 aliphatic rings. The van der Waals surface area contributed by atoms with Gasteiger partial charge in [0.15, 0.2) is 5.13 Å². The first-order chi connectivity index (χ1) is 15.5. The number of hydrogen-bond donors (Lipinski definition) is 0. The van der Waals surface area contributed by atoms with E-state index in [9.17, 15) is 14.9 Å². The highest BCUT2D eigenvalue weighted by atomic mass is 35.5. The molecule has 2 heterocycles. The summed E-state index contributed by atoms with van der Waals surface area (Å²) in [6.07, 6.45) is 8.97. The summed E-state index contributed by atoms with van der Waals surface area (Å²) in [7, 11) is 0. The predicted molar refractivity (Wildman–Crippen MR) is 126 cm³/mol. The van der Waals surface area contributed by atoms with Crippen LogP contribution in [0.3, 0.4) is 0 Å². The van der Waals surface area contributed by atoms with Crippen molar-refractivity contribution in [2.45, 2.75) is 13.0 Å². The molecule has 0 bridgehead atoms. The summed E-state index contributed by atoms with van der Waals surface area (Å²) in [4.78, 5) is 33.9. The van der Waals surface area contributed by atoms with Crippen LogP contribution < -0.4 is 4.90 Å². The Morgan fingerprint density at radius 1 is 1.28 bits per heavy atom. The van der Waals surface area contributed by atoms with Gasteiger partial charge in [-0.2, -0.15) is 0 Å². The molecule has 0 aliphatic heterocycles. The van der Waals surface area contributed by atoms with Gasteiger partial charge in [0.2, 0.25) is 0 Å². The normalized spacial score (nSPS) is 11.3. The number of benzene rings is 2. The van der Waals surface area contributed by atoms with E-state index in [-0.39, 0.29) is 11.6 Å². The minimum atomic E-state index is -0.466. The summed E-state index contributed by atoms with van der Waals surface area (Å²) in [6.45, 7) is 1.14. The van der Waals surface area contributed by atoms with Crippen molar-refractivity contribution < 1.29 is 9.72 Å². The minimum absolute atomic E-state index is 0.0300. The van der Waals surface area contributed by atoms with Crippen LogP contribution in [0.1, 0.15) is 12.0 Å². The molecule has 1 amide bonds. The second-order valence-corrected chi connectivity index (χ2v) is 8.33. The van der Waals surface area contributed by atoms with Crippen molar-refractivity contribution in [2.75, 3.05) is 11.4 Å². The first kappa shape index (κ1) is 21.7. The van der Waals surface area contributed by atoms with E-state index in [1.165, 1.54) is 29.5 Å². The first-order valence-corrected chi connectivity index (χ1v) is 11.0. The molecule has 0 radical (unpaired) electrons.